The molecule has 1 saturated carbocycles. The smallest absolute Gasteiger partial charge is 0.0838 e. The Bertz CT molecular complexity index is 435. The van der Waals surface area contributed by atoms with Crippen LogP contribution in [0.25, 0.3) is 0 Å². The summed E-state index contributed by atoms with van der Waals surface area (Å²) >= 11 is 0. The second-order valence-electron chi connectivity index (χ2n) is 6.12. The number of hydrogen-bond acceptors (Lipinski definition) is 3. The van der Waals surface area contributed by atoms with Gasteiger partial charge in [0.25, 0.3) is 0 Å². The standard InChI is InChI=1S/C17H31N3O/c1-5-14-12-15(20(4)19-14)13-16(18-6-2)17(21-7-3)10-8-9-11-17/h12,16,18H,5-11,13H2,1-4H3. The first-order valence-electron chi connectivity index (χ1n) is 8.54. The van der Waals surface area contributed by atoms with Crippen LogP contribution in [0.5, 0.6) is 0 Å². The summed E-state index contributed by atoms with van der Waals surface area (Å²) in [4.78, 5) is 0. The minimum absolute atomic E-state index is 0.0153. The van der Waals surface area contributed by atoms with Gasteiger partial charge in [0, 0.05) is 31.8 Å². The molecule has 1 fully saturated rings. The lowest BCUT2D eigenvalue weighted by Crippen LogP contribution is -2.52. The van der Waals surface area contributed by atoms with E-state index in [1.165, 1.54) is 37.1 Å². The van der Waals surface area contributed by atoms with Crippen LogP contribution in [0.15, 0.2) is 6.07 Å². The van der Waals surface area contributed by atoms with Gasteiger partial charge in [0.2, 0.25) is 0 Å². The Balaban J connectivity index is 2.19. The number of hydrogen-bond donors (Lipinski definition) is 1. The lowest BCUT2D eigenvalue weighted by Gasteiger charge is -2.38. The molecule has 21 heavy (non-hydrogen) atoms. The Morgan fingerprint density at radius 3 is 2.57 bits per heavy atom. The van der Waals surface area contributed by atoms with Crippen molar-refractivity contribution in [1.82, 2.24) is 15.1 Å². The maximum atomic E-state index is 6.26. The van der Waals surface area contributed by atoms with E-state index >= 15 is 0 Å². The average molecular weight is 293 g/mol. The summed E-state index contributed by atoms with van der Waals surface area (Å²) in [6, 6.07) is 2.63. The van der Waals surface area contributed by atoms with Crippen molar-refractivity contribution in [3.63, 3.8) is 0 Å². The van der Waals surface area contributed by atoms with Gasteiger partial charge in [-0.25, -0.2) is 0 Å². The molecule has 1 N–H and O–H groups in total. The Kier molecular flexibility index (Phi) is 5.82. The van der Waals surface area contributed by atoms with Gasteiger partial charge < -0.3 is 10.1 Å². The molecule has 1 aliphatic carbocycles. The summed E-state index contributed by atoms with van der Waals surface area (Å²) in [5.74, 6) is 0. The largest absolute Gasteiger partial charge is 0.374 e. The number of aryl methyl sites for hydroxylation is 2. The van der Waals surface area contributed by atoms with Gasteiger partial charge in [0.05, 0.1) is 11.3 Å². The highest BCUT2D eigenvalue weighted by atomic mass is 16.5. The molecule has 0 radical (unpaired) electrons. The molecule has 0 amide bonds. The summed E-state index contributed by atoms with van der Waals surface area (Å²) < 4.78 is 8.30. The molecule has 120 valence electrons. The summed E-state index contributed by atoms with van der Waals surface area (Å²) in [6.07, 6.45) is 6.92. The number of aromatic nitrogens is 2. The normalized spacial score (nSPS) is 19.0. The van der Waals surface area contributed by atoms with Crippen molar-refractivity contribution in [3.05, 3.63) is 17.5 Å². The molecular formula is C17H31N3O. The second-order valence-corrected chi connectivity index (χ2v) is 6.12. The Labute approximate surface area is 129 Å². The monoisotopic (exact) mass is 293 g/mol. The molecule has 0 spiro atoms. The molecule has 1 aromatic rings. The van der Waals surface area contributed by atoms with Gasteiger partial charge >= 0.3 is 0 Å². The zero-order valence-electron chi connectivity index (χ0n) is 14.1. The van der Waals surface area contributed by atoms with Crippen LogP contribution in [0, 0.1) is 0 Å². The third kappa shape index (κ3) is 3.67. The minimum Gasteiger partial charge on any atom is -0.374 e. The van der Waals surface area contributed by atoms with Gasteiger partial charge in [-0.2, -0.15) is 5.10 Å². The van der Waals surface area contributed by atoms with Crippen molar-refractivity contribution >= 4 is 0 Å². The van der Waals surface area contributed by atoms with E-state index in [-0.39, 0.29) is 5.60 Å². The Morgan fingerprint density at radius 1 is 1.33 bits per heavy atom. The lowest BCUT2D eigenvalue weighted by atomic mass is 9.88. The number of rotatable bonds is 8. The Morgan fingerprint density at radius 2 is 2.05 bits per heavy atom. The predicted octanol–water partition coefficient (Wildman–Crippen LogP) is 2.85. The molecular weight excluding hydrogens is 262 g/mol. The molecule has 0 aliphatic heterocycles. The molecule has 1 heterocycles. The maximum absolute atomic E-state index is 6.26. The van der Waals surface area contributed by atoms with Crippen LogP contribution in [0.4, 0.5) is 0 Å². The van der Waals surface area contributed by atoms with Crippen molar-refractivity contribution < 1.29 is 4.74 Å². The molecule has 0 aromatic carbocycles. The van der Waals surface area contributed by atoms with Crippen molar-refractivity contribution in [2.45, 2.75) is 70.9 Å². The summed E-state index contributed by atoms with van der Waals surface area (Å²) in [5.41, 5.74) is 2.50. The summed E-state index contributed by atoms with van der Waals surface area (Å²) in [7, 11) is 2.06. The fraction of sp³-hybridized carbons (Fsp3) is 0.824. The molecule has 2 rings (SSSR count). The molecule has 4 nitrogen and oxygen atoms in total. The molecule has 1 aromatic heterocycles. The van der Waals surface area contributed by atoms with Crippen LogP contribution < -0.4 is 5.32 Å². The van der Waals surface area contributed by atoms with E-state index < -0.39 is 0 Å². The summed E-state index contributed by atoms with van der Waals surface area (Å²) in [5, 5.41) is 8.27. The van der Waals surface area contributed by atoms with Gasteiger partial charge in [0.1, 0.15) is 0 Å². The van der Waals surface area contributed by atoms with Crippen LogP contribution in [-0.2, 0) is 24.6 Å². The van der Waals surface area contributed by atoms with Gasteiger partial charge in [-0.1, -0.05) is 26.7 Å². The lowest BCUT2D eigenvalue weighted by molar-refractivity contribution is -0.0612. The van der Waals surface area contributed by atoms with Gasteiger partial charge in [-0.3, -0.25) is 4.68 Å². The first-order chi connectivity index (χ1) is 10.1. The predicted molar refractivity (Wildman–Crippen MR) is 86.6 cm³/mol. The van der Waals surface area contributed by atoms with E-state index in [0.29, 0.717) is 6.04 Å². The second kappa shape index (κ2) is 7.41. The van der Waals surface area contributed by atoms with Crippen LogP contribution >= 0.6 is 0 Å². The SMILES string of the molecule is CCNC(Cc1cc(CC)nn1C)C1(OCC)CCCC1. The third-order valence-electron chi connectivity index (χ3n) is 4.77. The highest BCUT2D eigenvalue weighted by Crippen LogP contribution is 2.37. The fourth-order valence-corrected chi connectivity index (χ4v) is 3.69. The molecule has 1 atom stereocenters. The van der Waals surface area contributed by atoms with Gasteiger partial charge in [-0.05, 0) is 38.8 Å². The molecule has 1 aliphatic rings. The minimum atomic E-state index is 0.0153. The van der Waals surface area contributed by atoms with Gasteiger partial charge in [0.15, 0.2) is 0 Å². The van der Waals surface area contributed by atoms with Crippen LogP contribution in [-0.4, -0.2) is 34.6 Å². The molecule has 0 saturated heterocycles. The van der Waals surface area contributed by atoms with Crippen LogP contribution in [0.3, 0.4) is 0 Å². The highest BCUT2D eigenvalue weighted by Gasteiger charge is 2.42. The molecule has 4 heteroatoms. The number of likely N-dealkylation sites (N-methyl/N-ethyl adjacent to an activating group) is 1. The van der Waals surface area contributed by atoms with E-state index in [1.54, 1.807) is 0 Å². The quantitative estimate of drug-likeness (QED) is 0.801. The zero-order chi connectivity index (χ0) is 15.3. The molecule has 0 bridgehead atoms. The summed E-state index contributed by atoms with van der Waals surface area (Å²) in [6.45, 7) is 8.24. The highest BCUT2D eigenvalue weighted by molar-refractivity contribution is 5.14. The van der Waals surface area contributed by atoms with E-state index in [0.717, 1.165) is 26.0 Å². The van der Waals surface area contributed by atoms with Crippen molar-refractivity contribution in [2.75, 3.05) is 13.2 Å². The van der Waals surface area contributed by atoms with E-state index in [4.69, 9.17) is 4.74 Å². The molecule has 1 unspecified atom stereocenters. The van der Waals surface area contributed by atoms with Gasteiger partial charge in [-0.15, -0.1) is 0 Å². The average Bonchev–Trinajstić information content (AvgIpc) is 3.07. The fourth-order valence-electron chi connectivity index (χ4n) is 3.69. The van der Waals surface area contributed by atoms with Crippen LogP contribution in [0.1, 0.15) is 57.8 Å². The van der Waals surface area contributed by atoms with E-state index in [9.17, 15) is 0 Å². The van der Waals surface area contributed by atoms with Crippen molar-refractivity contribution in [3.8, 4) is 0 Å². The zero-order valence-corrected chi connectivity index (χ0v) is 14.1. The number of nitrogens with zero attached hydrogens (tertiary/aromatic N) is 2. The first-order valence-corrected chi connectivity index (χ1v) is 8.54. The third-order valence-corrected chi connectivity index (χ3v) is 4.77. The Hall–Kier alpha value is -0.870. The van der Waals surface area contributed by atoms with Crippen LogP contribution in [0.2, 0.25) is 0 Å². The number of nitrogens with one attached hydrogen (secondary N) is 1. The maximum Gasteiger partial charge on any atom is 0.0838 e. The van der Waals surface area contributed by atoms with E-state index in [2.05, 4.69) is 44.3 Å². The number of ether oxygens (including phenoxy) is 1. The topological polar surface area (TPSA) is 39.1 Å². The van der Waals surface area contributed by atoms with Crippen molar-refractivity contribution in [1.29, 1.82) is 0 Å². The van der Waals surface area contributed by atoms with E-state index in [1.807, 2.05) is 4.68 Å². The van der Waals surface area contributed by atoms with Crippen molar-refractivity contribution in [2.24, 2.45) is 7.05 Å². The first kappa shape index (κ1) is 16.5.